The number of hydrogen-bond acceptors (Lipinski definition) is 4. The highest BCUT2D eigenvalue weighted by molar-refractivity contribution is 5.35. The monoisotopic (exact) mass is 514 g/mol. The number of nitrogens with zero attached hydrogens (tertiary/aromatic N) is 2. The summed E-state index contributed by atoms with van der Waals surface area (Å²) in [5, 5.41) is 9.50. The van der Waals surface area contributed by atoms with Gasteiger partial charge >= 0.3 is 18.0 Å². The van der Waals surface area contributed by atoms with E-state index < -0.39 is 35.1 Å². The molecule has 3 aromatic rings. The number of nitrogens with one attached hydrogen (secondary N) is 2. The first kappa shape index (κ1) is 26.0. The van der Waals surface area contributed by atoms with Crippen molar-refractivity contribution in [3.63, 3.8) is 0 Å². The molecule has 1 fully saturated rings. The molecule has 1 aliphatic rings. The Morgan fingerprint density at radius 3 is 2.22 bits per heavy atom. The van der Waals surface area contributed by atoms with E-state index in [-0.39, 0.29) is 30.0 Å². The minimum Gasteiger partial charge on any atom is -0.372 e. The predicted octanol–water partition coefficient (Wildman–Crippen LogP) is 5.21. The van der Waals surface area contributed by atoms with Crippen molar-refractivity contribution in [2.45, 2.75) is 49.8 Å². The molecule has 194 valence electrons. The van der Waals surface area contributed by atoms with E-state index in [9.17, 15) is 31.1 Å². The number of hydrogen-bond donors (Lipinski definition) is 2. The maximum Gasteiger partial charge on any atom is 0.416 e. The fourth-order valence-corrected chi connectivity index (χ4v) is 4.46. The normalized spacial score (nSPS) is 21.9. The van der Waals surface area contributed by atoms with Crippen LogP contribution in [-0.4, -0.2) is 27.9 Å². The minimum absolute atomic E-state index is 0.0111. The van der Waals surface area contributed by atoms with Crippen LogP contribution in [0.1, 0.15) is 54.2 Å². The van der Waals surface area contributed by atoms with E-state index in [1.807, 2.05) is 30.3 Å². The molecule has 3 atom stereocenters. The number of ether oxygens (including phenoxy) is 1. The van der Waals surface area contributed by atoms with Crippen molar-refractivity contribution in [1.29, 1.82) is 0 Å². The lowest BCUT2D eigenvalue weighted by atomic mass is 9.81. The van der Waals surface area contributed by atoms with Gasteiger partial charge < -0.3 is 10.1 Å². The summed E-state index contributed by atoms with van der Waals surface area (Å²) < 4.78 is 87.2. The van der Waals surface area contributed by atoms with Crippen LogP contribution in [0.5, 0.6) is 0 Å². The lowest BCUT2D eigenvalue weighted by molar-refractivity contribution is -0.143. The van der Waals surface area contributed by atoms with Crippen molar-refractivity contribution in [1.82, 2.24) is 20.1 Å². The molecule has 6 nitrogen and oxygen atoms in total. The maximum absolute atomic E-state index is 13.3. The van der Waals surface area contributed by atoms with E-state index in [1.54, 1.807) is 0 Å². The number of aromatic amines is 1. The van der Waals surface area contributed by atoms with Gasteiger partial charge in [0.05, 0.1) is 35.4 Å². The number of piperidine rings is 1. The Morgan fingerprint density at radius 1 is 1.08 bits per heavy atom. The van der Waals surface area contributed by atoms with E-state index in [0.717, 1.165) is 5.56 Å². The van der Waals surface area contributed by atoms with Gasteiger partial charge in [-0.1, -0.05) is 30.3 Å². The Hall–Kier alpha value is -3.12. The summed E-state index contributed by atoms with van der Waals surface area (Å²) in [4.78, 5) is 12.0. The number of H-pyrrole nitrogens is 1. The molecule has 4 rings (SSSR count). The predicted molar refractivity (Wildman–Crippen MR) is 118 cm³/mol. The first-order valence-electron chi connectivity index (χ1n) is 11.2. The van der Waals surface area contributed by atoms with E-state index in [0.29, 0.717) is 31.5 Å². The second kappa shape index (κ2) is 9.74. The fourth-order valence-electron chi connectivity index (χ4n) is 4.46. The zero-order chi connectivity index (χ0) is 26.1. The second-order valence-electron chi connectivity index (χ2n) is 8.88. The Kier molecular flexibility index (Phi) is 7.02. The van der Waals surface area contributed by atoms with Crippen LogP contribution in [0.4, 0.5) is 26.3 Å². The van der Waals surface area contributed by atoms with E-state index >= 15 is 0 Å². The first-order chi connectivity index (χ1) is 16.9. The smallest absolute Gasteiger partial charge is 0.372 e. The molecule has 2 N–H and O–H groups in total. The zero-order valence-corrected chi connectivity index (χ0v) is 19.2. The van der Waals surface area contributed by atoms with E-state index in [2.05, 4.69) is 15.5 Å². The van der Waals surface area contributed by atoms with Crippen molar-refractivity contribution in [2.24, 2.45) is 0 Å². The van der Waals surface area contributed by atoms with Crippen molar-refractivity contribution < 1.29 is 31.1 Å². The summed E-state index contributed by atoms with van der Waals surface area (Å²) in [6.07, 6.45) is -8.44. The molecule has 12 heteroatoms. The van der Waals surface area contributed by atoms with E-state index in [4.69, 9.17) is 4.74 Å². The van der Waals surface area contributed by atoms with Gasteiger partial charge in [0.1, 0.15) is 6.33 Å². The van der Waals surface area contributed by atoms with Crippen LogP contribution in [0.25, 0.3) is 0 Å². The highest BCUT2D eigenvalue weighted by Gasteiger charge is 2.40. The molecular formula is C24H24F6N4O2. The fraction of sp³-hybridized carbons (Fsp3) is 0.417. The SMILES string of the molecule is CC(OCC1(c2ccccc2)CCC(n2cn[nH]c2=O)CN1)c1cc(C(F)(F)F)cc(C(F)(F)F)c1. The maximum atomic E-state index is 13.3. The Balaban J connectivity index is 1.58. The van der Waals surface area contributed by atoms with Crippen LogP contribution in [-0.2, 0) is 22.6 Å². The molecule has 1 aromatic heterocycles. The van der Waals surface area contributed by atoms with Gasteiger partial charge in [0, 0.05) is 6.54 Å². The summed E-state index contributed by atoms with van der Waals surface area (Å²) in [5.41, 5.74) is -3.24. The molecule has 3 unspecified atom stereocenters. The van der Waals surface area contributed by atoms with Crippen LogP contribution in [0.2, 0.25) is 0 Å². The van der Waals surface area contributed by atoms with Crippen molar-refractivity contribution in [2.75, 3.05) is 13.2 Å². The summed E-state index contributed by atoms with van der Waals surface area (Å²) in [6.45, 7) is 1.79. The highest BCUT2D eigenvalue weighted by Crippen LogP contribution is 2.39. The minimum atomic E-state index is -4.94. The average molecular weight is 514 g/mol. The van der Waals surface area contributed by atoms with Crippen LogP contribution in [0.15, 0.2) is 59.7 Å². The van der Waals surface area contributed by atoms with Crippen molar-refractivity contribution in [3.8, 4) is 0 Å². The van der Waals surface area contributed by atoms with Crippen molar-refractivity contribution >= 4 is 0 Å². The van der Waals surface area contributed by atoms with Crippen LogP contribution < -0.4 is 11.0 Å². The van der Waals surface area contributed by atoms with Gasteiger partial charge in [-0.05, 0) is 49.1 Å². The van der Waals surface area contributed by atoms with Crippen LogP contribution in [0.3, 0.4) is 0 Å². The first-order valence-corrected chi connectivity index (χ1v) is 11.2. The van der Waals surface area contributed by atoms with Gasteiger partial charge in [-0.15, -0.1) is 0 Å². The molecule has 0 aliphatic carbocycles. The molecule has 36 heavy (non-hydrogen) atoms. The number of benzene rings is 2. The Morgan fingerprint density at radius 2 is 1.72 bits per heavy atom. The number of alkyl halides is 6. The van der Waals surface area contributed by atoms with Crippen LogP contribution >= 0.6 is 0 Å². The molecule has 0 radical (unpaired) electrons. The third kappa shape index (κ3) is 5.49. The summed E-state index contributed by atoms with van der Waals surface area (Å²) in [5.74, 6) is 0. The number of aromatic nitrogens is 3. The quantitative estimate of drug-likeness (QED) is 0.444. The van der Waals surface area contributed by atoms with Gasteiger partial charge in [0.2, 0.25) is 0 Å². The van der Waals surface area contributed by atoms with Gasteiger partial charge in [-0.2, -0.15) is 31.4 Å². The molecule has 0 bridgehead atoms. The average Bonchev–Trinajstić information content (AvgIpc) is 3.27. The third-order valence-corrected chi connectivity index (χ3v) is 6.54. The topological polar surface area (TPSA) is 71.9 Å². The third-order valence-electron chi connectivity index (χ3n) is 6.54. The molecule has 0 amide bonds. The Bertz CT molecular complexity index is 1200. The highest BCUT2D eigenvalue weighted by atomic mass is 19.4. The van der Waals surface area contributed by atoms with Crippen LogP contribution in [0, 0.1) is 0 Å². The number of halogens is 6. The molecule has 1 saturated heterocycles. The van der Waals surface area contributed by atoms with Gasteiger partial charge in [0.25, 0.3) is 0 Å². The lowest BCUT2D eigenvalue weighted by Crippen LogP contribution is -2.52. The molecular weight excluding hydrogens is 490 g/mol. The summed E-state index contributed by atoms with van der Waals surface area (Å²) in [7, 11) is 0. The Labute approximate surface area is 202 Å². The molecule has 0 spiro atoms. The molecule has 2 aromatic carbocycles. The van der Waals surface area contributed by atoms with Crippen molar-refractivity contribution in [3.05, 3.63) is 87.6 Å². The summed E-state index contributed by atoms with van der Waals surface area (Å²) in [6, 6.07) is 10.5. The zero-order valence-electron chi connectivity index (χ0n) is 19.2. The second-order valence-corrected chi connectivity index (χ2v) is 8.88. The van der Waals surface area contributed by atoms with E-state index in [1.165, 1.54) is 17.8 Å². The molecule has 1 aliphatic heterocycles. The standard InChI is InChI=1S/C24H24F6N4O2/c1-15(16-9-18(23(25,26)27)11-19(10-16)24(28,29)30)36-13-22(17-5-3-2-4-6-17)8-7-20(12-31-22)34-14-32-33-21(34)35/h2-6,9-11,14-15,20,31H,7-8,12-13H2,1H3,(H,33,35). The summed E-state index contributed by atoms with van der Waals surface area (Å²) >= 11 is 0. The largest absolute Gasteiger partial charge is 0.416 e. The molecule has 2 heterocycles. The molecule has 0 saturated carbocycles. The number of rotatable bonds is 6. The lowest BCUT2D eigenvalue weighted by Gasteiger charge is -2.42. The van der Waals surface area contributed by atoms with Gasteiger partial charge in [0.15, 0.2) is 0 Å². The van der Waals surface area contributed by atoms with Gasteiger partial charge in [-0.25, -0.2) is 9.89 Å². The van der Waals surface area contributed by atoms with Gasteiger partial charge in [-0.3, -0.25) is 4.57 Å².